The van der Waals surface area contributed by atoms with Crippen molar-refractivity contribution >= 4 is 5.69 Å². The van der Waals surface area contributed by atoms with Crippen molar-refractivity contribution in [3.8, 4) is 0 Å². The van der Waals surface area contributed by atoms with E-state index in [-0.39, 0.29) is 11.7 Å². The van der Waals surface area contributed by atoms with Gasteiger partial charge in [0, 0.05) is 30.9 Å². The van der Waals surface area contributed by atoms with Crippen LogP contribution in [0.15, 0.2) is 24.5 Å². The van der Waals surface area contributed by atoms with Crippen LogP contribution in [0, 0.1) is 17.5 Å². The monoisotopic (exact) mass is 255 g/mol. The summed E-state index contributed by atoms with van der Waals surface area (Å²) in [5, 5.41) is 6.76. The SMILES string of the molecule is CC(Nc1cc(F)c(F)cc1F)c1cnn(C)c1. The molecule has 0 saturated heterocycles. The summed E-state index contributed by atoms with van der Waals surface area (Å²) in [4.78, 5) is 0. The van der Waals surface area contributed by atoms with Crippen molar-refractivity contribution in [2.24, 2.45) is 7.05 Å². The largest absolute Gasteiger partial charge is 0.376 e. The van der Waals surface area contributed by atoms with E-state index in [4.69, 9.17) is 0 Å². The molecule has 1 aromatic heterocycles. The predicted octanol–water partition coefficient (Wildman–Crippen LogP) is 3.01. The van der Waals surface area contributed by atoms with Crippen molar-refractivity contribution in [3.05, 3.63) is 47.5 Å². The Morgan fingerprint density at radius 3 is 2.44 bits per heavy atom. The van der Waals surface area contributed by atoms with Gasteiger partial charge in [0.1, 0.15) is 5.82 Å². The lowest BCUT2D eigenvalue weighted by Gasteiger charge is -2.14. The highest BCUT2D eigenvalue weighted by atomic mass is 19.2. The standard InChI is InChI=1S/C12H12F3N3/c1-7(8-5-16-18(2)6-8)17-12-4-10(14)9(13)3-11(12)15/h3-7,17H,1-2H3. The van der Waals surface area contributed by atoms with Gasteiger partial charge in [-0.05, 0) is 6.92 Å². The highest BCUT2D eigenvalue weighted by Gasteiger charge is 2.13. The highest BCUT2D eigenvalue weighted by molar-refractivity contribution is 5.47. The number of aromatic nitrogens is 2. The molecule has 3 nitrogen and oxygen atoms in total. The molecule has 1 unspecified atom stereocenters. The van der Waals surface area contributed by atoms with Gasteiger partial charge in [0.25, 0.3) is 0 Å². The van der Waals surface area contributed by atoms with Gasteiger partial charge < -0.3 is 5.32 Å². The second-order valence-electron chi connectivity index (χ2n) is 4.06. The second kappa shape index (κ2) is 4.72. The first kappa shape index (κ1) is 12.5. The highest BCUT2D eigenvalue weighted by Crippen LogP contribution is 2.23. The Morgan fingerprint density at radius 1 is 1.17 bits per heavy atom. The Bertz CT molecular complexity index is 566. The summed E-state index contributed by atoms with van der Waals surface area (Å²) in [6.07, 6.45) is 3.38. The maximum Gasteiger partial charge on any atom is 0.161 e. The summed E-state index contributed by atoms with van der Waals surface area (Å²) in [7, 11) is 1.76. The van der Waals surface area contributed by atoms with E-state index in [0.29, 0.717) is 6.07 Å². The zero-order valence-electron chi connectivity index (χ0n) is 9.92. The van der Waals surface area contributed by atoms with Crippen molar-refractivity contribution in [2.75, 3.05) is 5.32 Å². The third-order valence-electron chi connectivity index (χ3n) is 2.61. The molecule has 1 atom stereocenters. The third kappa shape index (κ3) is 2.47. The molecule has 0 spiro atoms. The van der Waals surface area contributed by atoms with Crippen LogP contribution in [0.25, 0.3) is 0 Å². The fourth-order valence-electron chi connectivity index (χ4n) is 1.61. The molecule has 0 aliphatic rings. The Balaban J connectivity index is 2.21. The van der Waals surface area contributed by atoms with E-state index in [0.717, 1.165) is 11.6 Å². The van der Waals surface area contributed by atoms with Gasteiger partial charge in [-0.15, -0.1) is 0 Å². The molecule has 0 aliphatic heterocycles. The Morgan fingerprint density at radius 2 is 1.83 bits per heavy atom. The third-order valence-corrected chi connectivity index (χ3v) is 2.61. The number of rotatable bonds is 3. The van der Waals surface area contributed by atoms with Gasteiger partial charge in [-0.25, -0.2) is 13.2 Å². The Hall–Kier alpha value is -1.98. The molecule has 0 saturated carbocycles. The van der Waals surface area contributed by atoms with Gasteiger partial charge >= 0.3 is 0 Å². The average molecular weight is 255 g/mol. The van der Waals surface area contributed by atoms with Crippen LogP contribution in [0.2, 0.25) is 0 Å². The van der Waals surface area contributed by atoms with Gasteiger partial charge in [0.05, 0.1) is 17.9 Å². The minimum Gasteiger partial charge on any atom is -0.376 e. The molecule has 96 valence electrons. The quantitative estimate of drug-likeness (QED) is 0.854. The van der Waals surface area contributed by atoms with E-state index in [1.807, 2.05) is 0 Å². The van der Waals surface area contributed by atoms with E-state index >= 15 is 0 Å². The number of hydrogen-bond acceptors (Lipinski definition) is 2. The van der Waals surface area contributed by atoms with E-state index in [1.165, 1.54) is 0 Å². The summed E-state index contributed by atoms with van der Waals surface area (Å²) >= 11 is 0. The van der Waals surface area contributed by atoms with E-state index in [9.17, 15) is 13.2 Å². The van der Waals surface area contributed by atoms with Crippen LogP contribution >= 0.6 is 0 Å². The Kier molecular flexibility index (Phi) is 3.27. The number of nitrogens with one attached hydrogen (secondary N) is 1. The molecular formula is C12H12F3N3. The normalized spacial score (nSPS) is 12.5. The predicted molar refractivity (Wildman–Crippen MR) is 61.6 cm³/mol. The number of halogens is 3. The molecule has 0 radical (unpaired) electrons. The van der Waals surface area contributed by atoms with Crippen LogP contribution in [-0.4, -0.2) is 9.78 Å². The molecule has 18 heavy (non-hydrogen) atoms. The minimum atomic E-state index is -1.20. The maximum atomic E-state index is 13.4. The maximum absolute atomic E-state index is 13.4. The van der Waals surface area contributed by atoms with Crippen molar-refractivity contribution in [1.29, 1.82) is 0 Å². The lowest BCUT2D eigenvalue weighted by Crippen LogP contribution is -2.08. The van der Waals surface area contributed by atoms with Crippen molar-refractivity contribution in [3.63, 3.8) is 0 Å². The summed E-state index contributed by atoms with van der Waals surface area (Å²) in [6, 6.07) is 1.06. The van der Waals surface area contributed by atoms with E-state index < -0.39 is 17.5 Å². The average Bonchev–Trinajstić information content (AvgIpc) is 2.73. The lowest BCUT2D eigenvalue weighted by atomic mass is 10.1. The van der Waals surface area contributed by atoms with E-state index in [2.05, 4.69) is 10.4 Å². The molecule has 0 fully saturated rings. The van der Waals surface area contributed by atoms with Gasteiger partial charge in [0.2, 0.25) is 0 Å². The number of anilines is 1. The van der Waals surface area contributed by atoms with Crippen molar-refractivity contribution < 1.29 is 13.2 Å². The van der Waals surface area contributed by atoms with Gasteiger partial charge in [-0.1, -0.05) is 0 Å². The number of nitrogens with zero attached hydrogens (tertiary/aromatic N) is 2. The topological polar surface area (TPSA) is 29.9 Å². The van der Waals surface area contributed by atoms with Crippen LogP contribution < -0.4 is 5.32 Å². The summed E-state index contributed by atoms with van der Waals surface area (Å²) in [6.45, 7) is 1.78. The number of benzene rings is 1. The van der Waals surface area contributed by atoms with Crippen LogP contribution in [0.5, 0.6) is 0 Å². The molecule has 1 heterocycles. The van der Waals surface area contributed by atoms with Gasteiger partial charge in [-0.2, -0.15) is 5.10 Å². The van der Waals surface area contributed by atoms with Crippen molar-refractivity contribution in [1.82, 2.24) is 9.78 Å². The summed E-state index contributed by atoms with van der Waals surface area (Å²) in [5.41, 5.74) is 0.742. The van der Waals surface area contributed by atoms with Crippen LogP contribution in [-0.2, 0) is 7.05 Å². The second-order valence-corrected chi connectivity index (χ2v) is 4.06. The summed E-state index contributed by atoms with van der Waals surface area (Å²) in [5.74, 6) is -3.12. The fraction of sp³-hybridized carbons (Fsp3) is 0.250. The fourth-order valence-corrected chi connectivity index (χ4v) is 1.61. The van der Waals surface area contributed by atoms with Gasteiger partial charge in [-0.3, -0.25) is 4.68 Å². The lowest BCUT2D eigenvalue weighted by molar-refractivity contribution is 0.495. The van der Waals surface area contributed by atoms with Crippen LogP contribution in [0.1, 0.15) is 18.5 Å². The molecule has 2 aromatic rings. The number of hydrogen-bond donors (Lipinski definition) is 1. The van der Waals surface area contributed by atoms with Gasteiger partial charge in [0.15, 0.2) is 11.6 Å². The molecule has 0 amide bonds. The number of aryl methyl sites for hydroxylation is 1. The first-order valence-electron chi connectivity index (χ1n) is 5.37. The minimum absolute atomic E-state index is 0.0785. The first-order valence-corrected chi connectivity index (χ1v) is 5.37. The molecule has 1 N–H and O–H groups in total. The molecule has 2 rings (SSSR count). The van der Waals surface area contributed by atoms with Crippen LogP contribution in [0.4, 0.5) is 18.9 Å². The van der Waals surface area contributed by atoms with Crippen LogP contribution in [0.3, 0.4) is 0 Å². The Labute approximate surface area is 102 Å². The molecule has 6 heteroatoms. The molecule has 0 aliphatic carbocycles. The molecular weight excluding hydrogens is 243 g/mol. The molecule has 0 bridgehead atoms. The smallest absolute Gasteiger partial charge is 0.161 e. The molecule has 1 aromatic carbocycles. The zero-order valence-corrected chi connectivity index (χ0v) is 9.92. The summed E-state index contributed by atoms with van der Waals surface area (Å²) < 4.78 is 40.8. The van der Waals surface area contributed by atoms with Crippen molar-refractivity contribution in [2.45, 2.75) is 13.0 Å². The zero-order chi connectivity index (χ0) is 13.3. The first-order chi connectivity index (χ1) is 8.47. The van der Waals surface area contributed by atoms with E-state index in [1.54, 1.807) is 31.0 Å².